The molecule has 3 amide bonds. The molecule has 3 heterocycles. The van der Waals surface area contributed by atoms with E-state index < -0.39 is 35.4 Å². The highest BCUT2D eigenvalue weighted by Crippen LogP contribution is 2.50. The van der Waals surface area contributed by atoms with Crippen molar-refractivity contribution in [1.29, 1.82) is 5.26 Å². The van der Waals surface area contributed by atoms with Gasteiger partial charge in [0.2, 0.25) is 11.8 Å². The average molecular weight is 552 g/mol. The van der Waals surface area contributed by atoms with Crippen LogP contribution in [-0.2, 0) is 19.9 Å². The molecule has 5 aliphatic rings. The number of piperidine rings is 1. The van der Waals surface area contributed by atoms with Crippen LogP contribution in [0.2, 0.25) is 0 Å². The van der Waals surface area contributed by atoms with Gasteiger partial charge in [-0.3, -0.25) is 14.5 Å². The number of benzene rings is 1. The van der Waals surface area contributed by atoms with Crippen molar-refractivity contribution in [3.8, 4) is 6.07 Å². The van der Waals surface area contributed by atoms with Crippen molar-refractivity contribution in [3.05, 3.63) is 35.6 Å². The fourth-order valence-corrected chi connectivity index (χ4v) is 7.75. The summed E-state index contributed by atoms with van der Waals surface area (Å²) in [6.07, 6.45) is 5.24. The van der Waals surface area contributed by atoms with Gasteiger partial charge in [0, 0.05) is 25.2 Å². The molecule has 9 nitrogen and oxygen atoms in total. The van der Waals surface area contributed by atoms with Crippen molar-refractivity contribution in [2.24, 2.45) is 5.92 Å². The number of amides is 3. The highest BCUT2D eigenvalue weighted by Gasteiger charge is 2.59. The van der Waals surface area contributed by atoms with Gasteiger partial charge in [-0.25, -0.2) is 9.18 Å². The maximum Gasteiger partial charge on any atom is 0.408 e. The van der Waals surface area contributed by atoms with Crippen molar-refractivity contribution in [1.82, 2.24) is 20.0 Å². The molecule has 40 heavy (non-hydrogen) atoms. The molecular formula is C30H38FN5O4. The van der Waals surface area contributed by atoms with E-state index in [1.54, 1.807) is 25.7 Å². The lowest BCUT2D eigenvalue weighted by atomic mass is 9.85. The van der Waals surface area contributed by atoms with Crippen LogP contribution < -0.4 is 5.32 Å². The van der Waals surface area contributed by atoms with Gasteiger partial charge in [0.05, 0.1) is 17.6 Å². The van der Waals surface area contributed by atoms with Crippen LogP contribution in [0.4, 0.5) is 9.18 Å². The van der Waals surface area contributed by atoms with Crippen molar-refractivity contribution in [2.45, 2.75) is 107 Å². The number of piperazine rings is 1. The maximum atomic E-state index is 13.9. The summed E-state index contributed by atoms with van der Waals surface area (Å²) < 4.78 is 19.2. The Bertz CT molecular complexity index is 1230. The number of carbonyl (C=O) groups is 3. The number of hydrogen-bond acceptors (Lipinski definition) is 6. The number of carbonyl (C=O) groups excluding carboxylic acids is 3. The number of likely N-dealkylation sites (tertiary alicyclic amines) is 3. The smallest absolute Gasteiger partial charge is 0.408 e. The van der Waals surface area contributed by atoms with E-state index in [1.165, 1.54) is 12.1 Å². The first-order valence-electron chi connectivity index (χ1n) is 14.6. The molecule has 0 unspecified atom stereocenters. The van der Waals surface area contributed by atoms with Gasteiger partial charge in [-0.05, 0) is 76.5 Å². The third kappa shape index (κ3) is 4.62. The Labute approximate surface area is 234 Å². The van der Waals surface area contributed by atoms with E-state index in [4.69, 9.17) is 4.74 Å². The van der Waals surface area contributed by atoms with Crippen molar-refractivity contribution < 1.29 is 23.5 Å². The number of nitriles is 1. The zero-order chi connectivity index (χ0) is 28.4. The molecule has 6 atom stereocenters. The van der Waals surface area contributed by atoms with Gasteiger partial charge in [0.1, 0.15) is 23.5 Å². The largest absolute Gasteiger partial charge is 0.444 e. The van der Waals surface area contributed by atoms with Gasteiger partial charge < -0.3 is 19.9 Å². The summed E-state index contributed by atoms with van der Waals surface area (Å²) in [5, 5.41) is 12.5. The fourth-order valence-electron chi connectivity index (χ4n) is 7.75. The second-order valence-corrected chi connectivity index (χ2v) is 13.2. The van der Waals surface area contributed by atoms with Crippen LogP contribution in [0.25, 0.3) is 0 Å². The molecule has 3 saturated heterocycles. The van der Waals surface area contributed by atoms with E-state index in [1.807, 2.05) is 21.9 Å². The summed E-state index contributed by atoms with van der Waals surface area (Å²) in [5.41, 5.74) is -0.188. The summed E-state index contributed by atoms with van der Waals surface area (Å²) in [4.78, 5) is 46.3. The molecule has 2 bridgehead atoms. The molecule has 10 heteroatoms. The number of nitrogens with zero attached hydrogens (tertiary/aromatic N) is 4. The number of ether oxygens (including phenoxy) is 1. The standard InChI is InChI=1S/C30H38FN5O4/c1-29(2,3)40-28(39)33-23(26(37)35-21(15-32)12-18-13-24(18)35)17-34-16-22-14-25(34)27(38)36(22)30(10-4-5-11-30)19-6-8-20(31)9-7-19/h6-9,18,21-25H,4-5,10-14,16-17H2,1-3H3,(H,33,39)/t18-,21+,22-,23+,24+,25-/m1/s1. The minimum absolute atomic E-state index is 0.0237. The van der Waals surface area contributed by atoms with E-state index >= 15 is 0 Å². The Morgan fingerprint density at radius 3 is 2.50 bits per heavy atom. The van der Waals surface area contributed by atoms with Crippen LogP contribution in [0.3, 0.4) is 0 Å². The van der Waals surface area contributed by atoms with E-state index in [9.17, 15) is 24.0 Å². The van der Waals surface area contributed by atoms with Crippen LogP contribution in [-0.4, -0.2) is 81.5 Å². The summed E-state index contributed by atoms with van der Waals surface area (Å²) in [7, 11) is 0. The van der Waals surface area contributed by atoms with Crippen molar-refractivity contribution >= 4 is 17.9 Å². The van der Waals surface area contributed by atoms with Crippen LogP contribution >= 0.6 is 0 Å². The minimum atomic E-state index is -0.928. The quantitative estimate of drug-likeness (QED) is 0.582. The lowest BCUT2D eigenvalue weighted by molar-refractivity contribution is -0.146. The molecule has 1 aromatic carbocycles. The predicted molar refractivity (Wildman–Crippen MR) is 143 cm³/mol. The van der Waals surface area contributed by atoms with E-state index in [-0.39, 0.29) is 36.3 Å². The van der Waals surface area contributed by atoms with Crippen LogP contribution in [0.5, 0.6) is 0 Å². The third-order valence-electron chi connectivity index (χ3n) is 9.46. The molecule has 2 aliphatic carbocycles. The van der Waals surface area contributed by atoms with E-state index in [0.717, 1.165) is 37.7 Å². The number of rotatable bonds is 6. The lowest BCUT2D eigenvalue weighted by Crippen LogP contribution is -2.61. The van der Waals surface area contributed by atoms with Gasteiger partial charge in [0.25, 0.3) is 0 Å². The number of hydrogen-bond donors (Lipinski definition) is 1. The second kappa shape index (κ2) is 9.72. The fraction of sp³-hybridized carbons (Fsp3) is 0.667. The van der Waals surface area contributed by atoms with Crippen molar-refractivity contribution in [2.75, 3.05) is 13.1 Å². The van der Waals surface area contributed by atoms with Gasteiger partial charge >= 0.3 is 6.09 Å². The first kappa shape index (κ1) is 27.0. The zero-order valence-corrected chi connectivity index (χ0v) is 23.4. The molecule has 3 aliphatic heterocycles. The number of nitrogens with one attached hydrogen (secondary N) is 1. The topological polar surface area (TPSA) is 106 Å². The number of halogens is 1. The predicted octanol–water partition coefficient (Wildman–Crippen LogP) is 3.29. The third-order valence-corrected chi connectivity index (χ3v) is 9.46. The molecule has 0 aromatic heterocycles. The highest BCUT2D eigenvalue weighted by molar-refractivity contribution is 5.89. The summed E-state index contributed by atoms with van der Waals surface area (Å²) in [6.45, 7) is 6.05. The number of fused-ring (bicyclic) bond motifs is 3. The number of alkyl carbamates (subject to hydrolysis) is 1. The first-order chi connectivity index (χ1) is 19.0. The van der Waals surface area contributed by atoms with Gasteiger partial charge in [-0.15, -0.1) is 0 Å². The molecule has 1 aromatic rings. The Kier molecular flexibility index (Phi) is 6.56. The molecule has 0 radical (unpaired) electrons. The Balaban J connectivity index is 1.21. The normalized spacial score (nSPS) is 31.2. The molecule has 214 valence electrons. The van der Waals surface area contributed by atoms with E-state index in [2.05, 4.69) is 11.4 Å². The second-order valence-electron chi connectivity index (χ2n) is 13.2. The van der Waals surface area contributed by atoms with Crippen LogP contribution in [0.15, 0.2) is 24.3 Å². The molecule has 1 N–H and O–H groups in total. The Morgan fingerprint density at radius 2 is 1.88 bits per heavy atom. The van der Waals surface area contributed by atoms with Gasteiger partial charge in [-0.2, -0.15) is 5.26 Å². The van der Waals surface area contributed by atoms with Crippen molar-refractivity contribution in [3.63, 3.8) is 0 Å². The van der Waals surface area contributed by atoms with Crippen LogP contribution in [0.1, 0.15) is 71.3 Å². The summed E-state index contributed by atoms with van der Waals surface area (Å²) in [5.74, 6) is -0.195. The maximum absolute atomic E-state index is 13.9. The van der Waals surface area contributed by atoms with Gasteiger partial charge in [0.15, 0.2) is 0 Å². The van der Waals surface area contributed by atoms with Gasteiger partial charge in [-0.1, -0.05) is 25.0 Å². The van der Waals surface area contributed by atoms with Crippen LogP contribution in [0, 0.1) is 23.1 Å². The molecule has 0 spiro atoms. The Hall–Kier alpha value is -3.19. The monoisotopic (exact) mass is 551 g/mol. The first-order valence-corrected chi connectivity index (χ1v) is 14.6. The lowest BCUT2D eigenvalue weighted by Gasteiger charge is -2.46. The summed E-state index contributed by atoms with van der Waals surface area (Å²) >= 11 is 0. The minimum Gasteiger partial charge on any atom is -0.444 e. The zero-order valence-electron chi connectivity index (χ0n) is 23.4. The molecular weight excluding hydrogens is 513 g/mol. The Morgan fingerprint density at radius 1 is 1.18 bits per heavy atom. The molecule has 2 saturated carbocycles. The highest BCUT2D eigenvalue weighted by atomic mass is 19.1. The molecule has 6 rings (SSSR count). The van der Waals surface area contributed by atoms with E-state index in [0.29, 0.717) is 25.3 Å². The SMILES string of the molecule is CC(C)(C)OC(=O)N[C@@H](CN1C[C@H]2C[C@@H]1C(=O)N2C1(c2ccc(F)cc2)CCCC1)C(=O)N1[C@H](C#N)C[C@@H]2C[C@@H]21. The average Bonchev–Trinajstić information content (AvgIpc) is 3.29. The summed E-state index contributed by atoms with van der Waals surface area (Å²) in [6, 6.07) is 7.02. The molecule has 5 fully saturated rings.